The first-order valence-electron chi connectivity index (χ1n) is 8.70. The van der Waals surface area contributed by atoms with Gasteiger partial charge in [0.1, 0.15) is 12.1 Å². The van der Waals surface area contributed by atoms with Crippen molar-refractivity contribution in [2.75, 3.05) is 20.0 Å². The van der Waals surface area contributed by atoms with Crippen molar-refractivity contribution in [3.05, 3.63) is 66.0 Å². The van der Waals surface area contributed by atoms with Gasteiger partial charge in [0, 0.05) is 19.3 Å². The third kappa shape index (κ3) is 5.34. The van der Waals surface area contributed by atoms with Crippen LogP contribution in [0.25, 0.3) is 5.69 Å². The maximum absolute atomic E-state index is 12.2. The minimum Gasteiger partial charge on any atom is -0.497 e. The molecule has 1 amide bonds. The second kappa shape index (κ2) is 9.91. The number of ether oxygens (including phenoxy) is 2. The maximum Gasteiger partial charge on any atom is 0.230 e. The van der Waals surface area contributed by atoms with Crippen molar-refractivity contribution < 1.29 is 14.3 Å². The third-order valence-electron chi connectivity index (χ3n) is 3.99. The molecular formula is C20H22N4O3S. The molecule has 0 bridgehead atoms. The highest BCUT2D eigenvalue weighted by Gasteiger charge is 2.10. The molecule has 0 aliphatic rings. The number of hydrogen-bond acceptors (Lipinski definition) is 6. The average Bonchev–Trinajstić information content (AvgIpc) is 3.20. The zero-order chi connectivity index (χ0) is 19.8. The predicted octanol–water partition coefficient (Wildman–Crippen LogP) is 2.83. The van der Waals surface area contributed by atoms with Gasteiger partial charge in [-0.05, 0) is 35.4 Å². The summed E-state index contributed by atoms with van der Waals surface area (Å²) < 4.78 is 12.1. The fraction of sp³-hybridized carbons (Fsp3) is 0.250. The number of benzene rings is 2. The summed E-state index contributed by atoms with van der Waals surface area (Å²) in [6.07, 6.45) is 1.63. The molecule has 0 unspecified atom stereocenters. The first kappa shape index (κ1) is 19.9. The topological polar surface area (TPSA) is 78.3 Å². The van der Waals surface area contributed by atoms with E-state index in [1.54, 1.807) is 20.5 Å². The van der Waals surface area contributed by atoms with Crippen LogP contribution in [0.4, 0.5) is 0 Å². The van der Waals surface area contributed by atoms with Gasteiger partial charge in [-0.3, -0.25) is 9.36 Å². The molecule has 0 aliphatic heterocycles. The molecular weight excluding hydrogens is 376 g/mol. The second-order valence-electron chi connectivity index (χ2n) is 6.00. The van der Waals surface area contributed by atoms with Crippen LogP contribution in [0.1, 0.15) is 11.1 Å². The lowest BCUT2D eigenvalue weighted by Crippen LogP contribution is -2.24. The van der Waals surface area contributed by atoms with E-state index in [2.05, 4.69) is 15.5 Å². The van der Waals surface area contributed by atoms with Crippen molar-refractivity contribution in [3.8, 4) is 11.4 Å². The van der Waals surface area contributed by atoms with Gasteiger partial charge < -0.3 is 14.8 Å². The van der Waals surface area contributed by atoms with Gasteiger partial charge in [-0.15, -0.1) is 10.2 Å². The summed E-state index contributed by atoms with van der Waals surface area (Å²) in [7, 11) is 3.29. The number of thioether (sulfide) groups is 1. The van der Waals surface area contributed by atoms with Gasteiger partial charge >= 0.3 is 0 Å². The van der Waals surface area contributed by atoms with Crippen LogP contribution in [0.2, 0.25) is 0 Å². The summed E-state index contributed by atoms with van der Waals surface area (Å²) in [5, 5.41) is 11.7. The Bertz CT molecular complexity index is 912. The Morgan fingerprint density at radius 3 is 2.68 bits per heavy atom. The van der Waals surface area contributed by atoms with Crippen LogP contribution in [-0.4, -0.2) is 40.6 Å². The largest absolute Gasteiger partial charge is 0.497 e. The second-order valence-corrected chi connectivity index (χ2v) is 6.94. The molecule has 0 radical (unpaired) electrons. The van der Waals surface area contributed by atoms with Crippen LogP contribution >= 0.6 is 11.8 Å². The number of hydrogen-bond donors (Lipinski definition) is 1. The Morgan fingerprint density at radius 2 is 1.93 bits per heavy atom. The van der Waals surface area contributed by atoms with Gasteiger partial charge in [0.15, 0.2) is 5.16 Å². The van der Waals surface area contributed by atoms with E-state index in [9.17, 15) is 4.79 Å². The monoisotopic (exact) mass is 398 g/mol. The molecule has 28 heavy (non-hydrogen) atoms. The third-order valence-corrected chi connectivity index (χ3v) is 4.93. The molecule has 0 spiro atoms. The van der Waals surface area contributed by atoms with Gasteiger partial charge in [0.2, 0.25) is 5.91 Å². The molecule has 2 aromatic carbocycles. The van der Waals surface area contributed by atoms with E-state index in [0.29, 0.717) is 18.3 Å². The first-order chi connectivity index (χ1) is 13.7. The zero-order valence-corrected chi connectivity index (χ0v) is 16.6. The Balaban J connectivity index is 1.54. The van der Waals surface area contributed by atoms with E-state index >= 15 is 0 Å². The summed E-state index contributed by atoms with van der Waals surface area (Å²) in [5.74, 6) is 0.971. The van der Waals surface area contributed by atoms with Gasteiger partial charge in [-0.2, -0.15) is 0 Å². The average molecular weight is 398 g/mol. The molecule has 1 heterocycles. The van der Waals surface area contributed by atoms with Crippen molar-refractivity contribution in [3.63, 3.8) is 0 Å². The molecule has 8 heteroatoms. The van der Waals surface area contributed by atoms with Gasteiger partial charge in [0.05, 0.1) is 19.5 Å². The van der Waals surface area contributed by atoms with E-state index in [1.165, 1.54) is 11.8 Å². The summed E-state index contributed by atoms with van der Waals surface area (Å²) in [6.45, 7) is 1.03. The fourth-order valence-corrected chi connectivity index (χ4v) is 3.38. The van der Waals surface area contributed by atoms with Crippen LogP contribution in [-0.2, 0) is 22.7 Å². The van der Waals surface area contributed by atoms with Crippen LogP contribution in [0.5, 0.6) is 5.75 Å². The normalized spacial score (nSPS) is 10.6. The number of rotatable bonds is 9. The first-order valence-corrected chi connectivity index (χ1v) is 9.69. The number of aromatic nitrogens is 3. The Kier molecular flexibility index (Phi) is 7.05. The molecule has 0 atom stereocenters. The molecule has 7 nitrogen and oxygen atoms in total. The highest BCUT2D eigenvalue weighted by Crippen LogP contribution is 2.21. The van der Waals surface area contributed by atoms with Crippen molar-refractivity contribution in [1.82, 2.24) is 20.1 Å². The summed E-state index contributed by atoms with van der Waals surface area (Å²) >= 11 is 1.34. The minimum atomic E-state index is -0.0635. The lowest BCUT2D eigenvalue weighted by atomic mass is 10.1. The quantitative estimate of drug-likeness (QED) is 0.559. The Labute approximate surface area is 168 Å². The van der Waals surface area contributed by atoms with Crippen molar-refractivity contribution in [1.29, 1.82) is 0 Å². The van der Waals surface area contributed by atoms with E-state index in [-0.39, 0.29) is 11.7 Å². The van der Waals surface area contributed by atoms with Crippen LogP contribution in [0.15, 0.2) is 60.0 Å². The molecule has 3 aromatic rings. The standard InChI is InChI=1S/C20H22N4O3S/c1-26-12-16-5-3-4-15(10-16)11-21-19(25)13-28-20-23-22-14-24(20)17-6-8-18(27-2)9-7-17/h3-10,14H,11-13H2,1-2H3,(H,21,25). The zero-order valence-electron chi connectivity index (χ0n) is 15.8. The number of methoxy groups -OCH3 is 2. The Hall–Kier alpha value is -2.84. The summed E-state index contributed by atoms with van der Waals surface area (Å²) in [6, 6.07) is 15.5. The number of carbonyl (C=O) groups is 1. The smallest absolute Gasteiger partial charge is 0.230 e. The lowest BCUT2D eigenvalue weighted by Gasteiger charge is -2.08. The molecule has 0 saturated heterocycles. The molecule has 0 fully saturated rings. The number of amides is 1. The van der Waals surface area contributed by atoms with E-state index in [0.717, 1.165) is 22.6 Å². The maximum atomic E-state index is 12.2. The molecule has 0 saturated carbocycles. The van der Waals surface area contributed by atoms with E-state index < -0.39 is 0 Å². The minimum absolute atomic E-state index is 0.0635. The number of carbonyl (C=O) groups excluding carboxylic acids is 1. The highest BCUT2D eigenvalue weighted by molar-refractivity contribution is 7.99. The molecule has 3 rings (SSSR count). The predicted molar refractivity (Wildman–Crippen MR) is 108 cm³/mol. The van der Waals surface area contributed by atoms with Crippen LogP contribution in [0, 0.1) is 0 Å². The molecule has 1 aromatic heterocycles. The van der Waals surface area contributed by atoms with Crippen molar-refractivity contribution in [2.24, 2.45) is 0 Å². The SMILES string of the molecule is COCc1cccc(CNC(=O)CSc2nncn2-c2ccc(OC)cc2)c1. The Morgan fingerprint density at radius 1 is 1.14 bits per heavy atom. The lowest BCUT2D eigenvalue weighted by molar-refractivity contribution is -0.118. The van der Waals surface area contributed by atoms with Crippen molar-refractivity contribution in [2.45, 2.75) is 18.3 Å². The van der Waals surface area contributed by atoms with Gasteiger partial charge in [0.25, 0.3) is 0 Å². The van der Waals surface area contributed by atoms with E-state index in [1.807, 2.05) is 53.1 Å². The highest BCUT2D eigenvalue weighted by atomic mass is 32.2. The van der Waals surface area contributed by atoms with Gasteiger partial charge in [-0.25, -0.2) is 0 Å². The molecule has 146 valence electrons. The van der Waals surface area contributed by atoms with Gasteiger partial charge in [-0.1, -0.05) is 36.0 Å². The fourth-order valence-electron chi connectivity index (χ4n) is 2.62. The molecule has 0 aliphatic carbocycles. The number of nitrogens with zero attached hydrogens (tertiary/aromatic N) is 3. The summed E-state index contributed by atoms with van der Waals surface area (Å²) in [5.41, 5.74) is 3.02. The van der Waals surface area contributed by atoms with Crippen LogP contribution < -0.4 is 10.1 Å². The van der Waals surface area contributed by atoms with E-state index in [4.69, 9.17) is 9.47 Å². The van der Waals surface area contributed by atoms with Crippen molar-refractivity contribution >= 4 is 17.7 Å². The van der Waals surface area contributed by atoms with Crippen LogP contribution in [0.3, 0.4) is 0 Å². The summed E-state index contributed by atoms with van der Waals surface area (Å²) in [4.78, 5) is 12.2. The number of nitrogens with one attached hydrogen (secondary N) is 1. The molecule has 1 N–H and O–H groups in total.